The van der Waals surface area contributed by atoms with E-state index in [9.17, 15) is 4.79 Å². The molecule has 0 aromatic heterocycles. The van der Waals surface area contributed by atoms with Crippen molar-refractivity contribution in [2.24, 2.45) is 11.3 Å². The van der Waals surface area contributed by atoms with Gasteiger partial charge in [-0.2, -0.15) is 4.89 Å². The summed E-state index contributed by atoms with van der Waals surface area (Å²) in [6, 6.07) is 7.75. The molecule has 1 aliphatic rings. The zero-order valence-electron chi connectivity index (χ0n) is 15.9. The number of carbonyl (C=O) groups is 1. The molecule has 1 saturated carbocycles. The average Bonchev–Trinajstić information content (AvgIpc) is 2.51. The van der Waals surface area contributed by atoms with Crippen molar-refractivity contribution in [2.45, 2.75) is 66.1 Å². The first-order valence-electron chi connectivity index (χ1n) is 8.94. The number of hydrogen-bond acceptors (Lipinski definition) is 3. The van der Waals surface area contributed by atoms with Crippen LogP contribution in [0.4, 0.5) is 0 Å². The SMILES string of the molecule is CC(C)(C)C1CCCC[C]1OOC(=O)c1ccc([Si](C)(C)C)cc1. The Morgan fingerprint density at radius 2 is 1.71 bits per heavy atom. The molecule has 0 amide bonds. The Kier molecular flexibility index (Phi) is 5.92. The molecule has 0 saturated heterocycles. The maximum Gasteiger partial charge on any atom is 0.373 e. The molecule has 1 aromatic rings. The topological polar surface area (TPSA) is 35.5 Å². The standard InChI is InChI=1S/C20H31O3Si/c1-20(2,3)17-9-7-8-10-18(17)22-23-19(21)15-11-13-16(14-12-15)24(4,5)6/h11-14,17H,7-10H2,1-6H3. The van der Waals surface area contributed by atoms with E-state index in [1.165, 1.54) is 11.6 Å². The Morgan fingerprint density at radius 1 is 1.08 bits per heavy atom. The Balaban J connectivity index is 1.97. The van der Waals surface area contributed by atoms with Gasteiger partial charge in [-0.15, -0.1) is 0 Å². The van der Waals surface area contributed by atoms with Crippen molar-refractivity contribution < 1.29 is 14.6 Å². The monoisotopic (exact) mass is 347 g/mol. The van der Waals surface area contributed by atoms with Crippen LogP contribution in [-0.4, -0.2) is 14.0 Å². The largest absolute Gasteiger partial charge is 0.373 e. The fraction of sp³-hybridized carbons (Fsp3) is 0.600. The number of carbonyl (C=O) groups excluding carboxylic acids is 1. The summed E-state index contributed by atoms with van der Waals surface area (Å²) in [5, 5.41) is 1.33. The Morgan fingerprint density at radius 3 is 2.25 bits per heavy atom. The lowest BCUT2D eigenvalue weighted by molar-refractivity contribution is -0.252. The molecule has 0 aliphatic heterocycles. The Labute approximate surface area is 147 Å². The third-order valence-corrected chi connectivity index (χ3v) is 6.88. The van der Waals surface area contributed by atoms with Gasteiger partial charge in [-0.3, -0.25) is 4.89 Å². The average molecular weight is 348 g/mol. The van der Waals surface area contributed by atoms with E-state index in [0.717, 1.165) is 25.4 Å². The first kappa shape index (κ1) is 19.2. The number of benzene rings is 1. The molecule has 1 unspecified atom stereocenters. The molecule has 133 valence electrons. The van der Waals surface area contributed by atoms with Gasteiger partial charge < -0.3 is 0 Å². The first-order valence-corrected chi connectivity index (χ1v) is 12.4. The Hall–Kier alpha value is -1.13. The van der Waals surface area contributed by atoms with Gasteiger partial charge in [0.25, 0.3) is 0 Å². The van der Waals surface area contributed by atoms with Crippen LogP contribution in [0, 0.1) is 17.4 Å². The molecule has 1 aliphatic carbocycles. The van der Waals surface area contributed by atoms with Crippen LogP contribution in [0.25, 0.3) is 0 Å². The van der Waals surface area contributed by atoms with Gasteiger partial charge in [-0.05, 0) is 30.4 Å². The second kappa shape index (κ2) is 7.40. The molecule has 1 aromatic carbocycles. The normalized spacial score (nSPS) is 20.0. The van der Waals surface area contributed by atoms with Crippen molar-refractivity contribution >= 4 is 19.2 Å². The van der Waals surface area contributed by atoms with Crippen molar-refractivity contribution in [1.82, 2.24) is 0 Å². The van der Waals surface area contributed by atoms with Crippen LogP contribution in [0.3, 0.4) is 0 Å². The minimum absolute atomic E-state index is 0.126. The van der Waals surface area contributed by atoms with E-state index in [1.54, 1.807) is 0 Å². The molecule has 1 atom stereocenters. The minimum atomic E-state index is -1.35. The van der Waals surface area contributed by atoms with E-state index in [2.05, 4.69) is 40.4 Å². The van der Waals surface area contributed by atoms with Crippen LogP contribution in [0.15, 0.2) is 24.3 Å². The van der Waals surface area contributed by atoms with Gasteiger partial charge in [0, 0.05) is 5.92 Å². The van der Waals surface area contributed by atoms with Crippen molar-refractivity contribution in [2.75, 3.05) is 0 Å². The van der Waals surface area contributed by atoms with Gasteiger partial charge in [0.15, 0.2) is 6.10 Å². The van der Waals surface area contributed by atoms with Crippen LogP contribution in [0.2, 0.25) is 19.6 Å². The third-order valence-electron chi connectivity index (χ3n) is 4.81. The van der Waals surface area contributed by atoms with E-state index >= 15 is 0 Å². The van der Waals surface area contributed by atoms with Crippen LogP contribution >= 0.6 is 0 Å². The molecule has 0 bridgehead atoms. The maximum atomic E-state index is 12.3. The lowest BCUT2D eigenvalue weighted by Gasteiger charge is -2.37. The summed E-state index contributed by atoms with van der Waals surface area (Å²) in [5.41, 5.74) is 0.668. The van der Waals surface area contributed by atoms with Crippen molar-refractivity contribution in [3.63, 3.8) is 0 Å². The molecule has 1 radical (unpaired) electrons. The van der Waals surface area contributed by atoms with E-state index in [0.29, 0.717) is 11.5 Å². The van der Waals surface area contributed by atoms with E-state index in [4.69, 9.17) is 9.78 Å². The van der Waals surface area contributed by atoms with Gasteiger partial charge in [0.1, 0.15) is 0 Å². The second-order valence-electron chi connectivity index (χ2n) is 8.91. The molecule has 0 heterocycles. The van der Waals surface area contributed by atoms with Crippen LogP contribution in [0.5, 0.6) is 0 Å². The second-order valence-corrected chi connectivity index (χ2v) is 14.0. The van der Waals surface area contributed by atoms with Crippen molar-refractivity contribution in [3.8, 4) is 0 Å². The quantitative estimate of drug-likeness (QED) is 0.432. The van der Waals surface area contributed by atoms with Gasteiger partial charge >= 0.3 is 5.97 Å². The lowest BCUT2D eigenvalue weighted by Crippen LogP contribution is -2.37. The fourth-order valence-electron chi connectivity index (χ4n) is 3.24. The molecule has 24 heavy (non-hydrogen) atoms. The van der Waals surface area contributed by atoms with Crippen LogP contribution in [0.1, 0.15) is 56.8 Å². The summed E-state index contributed by atoms with van der Waals surface area (Å²) in [6.07, 6.45) is 5.21. The summed E-state index contributed by atoms with van der Waals surface area (Å²) in [6.45, 7) is 13.5. The van der Waals surface area contributed by atoms with E-state index < -0.39 is 14.0 Å². The maximum absolute atomic E-state index is 12.3. The van der Waals surface area contributed by atoms with Gasteiger partial charge in [-0.25, -0.2) is 4.79 Å². The van der Waals surface area contributed by atoms with Crippen LogP contribution in [-0.2, 0) is 9.78 Å². The highest BCUT2D eigenvalue weighted by molar-refractivity contribution is 6.88. The van der Waals surface area contributed by atoms with Crippen LogP contribution < -0.4 is 5.19 Å². The Bertz CT molecular complexity index is 552. The molecule has 2 rings (SSSR count). The molecule has 0 spiro atoms. The van der Waals surface area contributed by atoms with E-state index in [-0.39, 0.29) is 5.41 Å². The highest BCUT2D eigenvalue weighted by Crippen LogP contribution is 2.43. The molecule has 0 N–H and O–H groups in total. The zero-order valence-corrected chi connectivity index (χ0v) is 16.9. The summed E-state index contributed by atoms with van der Waals surface area (Å²) < 4.78 is 0. The third kappa shape index (κ3) is 4.93. The predicted molar refractivity (Wildman–Crippen MR) is 101 cm³/mol. The molecular weight excluding hydrogens is 316 g/mol. The predicted octanol–water partition coefficient (Wildman–Crippen LogP) is 5.09. The first-order chi connectivity index (χ1) is 11.1. The number of hydrogen-bond donors (Lipinski definition) is 0. The van der Waals surface area contributed by atoms with Crippen molar-refractivity contribution in [3.05, 3.63) is 35.9 Å². The molecular formula is C20H31O3Si. The molecule has 4 heteroatoms. The smallest absolute Gasteiger partial charge is 0.292 e. The molecule has 3 nitrogen and oxygen atoms in total. The number of rotatable bonds is 4. The van der Waals surface area contributed by atoms with Crippen molar-refractivity contribution in [1.29, 1.82) is 0 Å². The minimum Gasteiger partial charge on any atom is -0.292 e. The summed E-state index contributed by atoms with van der Waals surface area (Å²) in [7, 11) is -1.35. The van der Waals surface area contributed by atoms with E-state index in [1.807, 2.05) is 24.3 Å². The summed E-state index contributed by atoms with van der Waals surface area (Å²) in [5.74, 6) is -0.0730. The lowest BCUT2D eigenvalue weighted by atomic mass is 9.71. The highest BCUT2D eigenvalue weighted by Gasteiger charge is 2.37. The highest BCUT2D eigenvalue weighted by atomic mass is 28.3. The van der Waals surface area contributed by atoms with Gasteiger partial charge in [0.2, 0.25) is 0 Å². The van der Waals surface area contributed by atoms with Gasteiger partial charge in [-0.1, -0.05) is 70.6 Å². The summed E-state index contributed by atoms with van der Waals surface area (Å²) >= 11 is 0. The fourth-order valence-corrected chi connectivity index (χ4v) is 4.41. The summed E-state index contributed by atoms with van der Waals surface area (Å²) in [4.78, 5) is 22.9. The van der Waals surface area contributed by atoms with Gasteiger partial charge in [0.05, 0.1) is 13.6 Å². The molecule has 1 fully saturated rings. The zero-order chi connectivity index (χ0) is 18.0.